The predicted molar refractivity (Wildman–Crippen MR) is 63.5 cm³/mol. The van der Waals surface area contributed by atoms with Crippen LogP contribution in [-0.4, -0.2) is 31.9 Å². The number of rotatable bonds is 5. The highest BCUT2D eigenvalue weighted by Gasteiger charge is 1.99. The van der Waals surface area contributed by atoms with Crippen LogP contribution in [0.15, 0.2) is 29.4 Å². The third-order valence-corrected chi connectivity index (χ3v) is 1.81. The maximum absolute atomic E-state index is 5.61. The number of hydrazone groups is 1. The highest BCUT2D eigenvalue weighted by Crippen LogP contribution is 2.15. The molecule has 0 bridgehead atoms. The molecule has 0 aliphatic heterocycles. The molecule has 0 saturated heterocycles. The van der Waals surface area contributed by atoms with Gasteiger partial charge < -0.3 is 9.75 Å². The molecular weight excluding hydrogens is 188 g/mol. The lowest BCUT2D eigenvalue weighted by atomic mass is 10.2. The Bertz CT molecular complexity index is 321. The molecule has 0 aliphatic rings. The quantitative estimate of drug-likeness (QED) is 0.546. The van der Waals surface area contributed by atoms with Gasteiger partial charge in [-0.05, 0) is 18.6 Å². The van der Waals surface area contributed by atoms with Crippen LogP contribution >= 0.6 is 0 Å². The molecule has 3 heteroatoms. The smallest absolute Gasteiger partial charge is 0.128 e. The first-order valence-corrected chi connectivity index (χ1v) is 5.17. The Morgan fingerprint density at radius 3 is 2.73 bits per heavy atom. The number of nitrogens with zero attached hydrogens (tertiary/aromatic N) is 2. The van der Waals surface area contributed by atoms with E-state index in [1.54, 1.807) is 5.01 Å². The van der Waals surface area contributed by atoms with E-state index in [2.05, 4.69) is 12.0 Å². The molecule has 0 saturated carbocycles. The van der Waals surface area contributed by atoms with Crippen molar-refractivity contribution >= 4 is 6.21 Å². The molecule has 0 unspecified atom stereocenters. The van der Waals surface area contributed by atoms with E-state index in [1.165, 1.54) is 0 Å². The molecule has 0 heterocycles. The summed E-state index contributed by atoms with van der Waals surface area (Å²) in [5.41, 5.74) is 1.01. The molecule has 15 heavy (non-hydrogen) atoms. The van der Waals surface area contributed by atoms with Gasteiger partial charge in [0.15, 0.2) is 0 Å². The maximum atomic E-state index is 5.61. The minimum atomic E-state index is 0.743. The molecule has 0 aliphatic carbocycles. The molecular formula is C12H18N2O. The summed E-state index contributed by atoms with van der Waals surface area (Å²) in [5, 5.41) is 5.95. The standard InChI is InChI=1S/C12H18N2O/c1-4-9-15-12-8-6-5-7-11(12)10-13-14(2)3/h5-8,10H,4,9H2,1-3H3/b13-10+. The second kappa shape index (κ2) is 6.06. The zero-order chi connectivity index (χ0) is 11.1. The fourth-order valence-corrected chi connectivity index (χ4v) is 1.11. The van der Waals surface area contributed by atoms with E-state index in [4.69, 9.17) is 4.74 Å². The largest absolute Gasteiger partial charge is 0.493 e. The summed E-state index contributed by atoms with van der Waals surface area (Å²) in [7, 11) is 3.79. The van der Waals surface area contributed by atoms with E-state index in [-0.39, 0.29) is 0 Å². The number of para-hydroxylation sites is 1. The Kier molecular flexibility index (Phi) is 4.68. The summed E-state index contributed by atoms with van der Waals surface area (Å²) < 4.78 is 5.61. The predicted octanol–water partition coefficient (Wildman–Crippen LogP) is 2.37. The zero-order valence-corrected chi connectivity index (χ0v) is 9.60. The first-order chi connectivity index (χ1) is 7.24. The SMILES string of the molecule is CCCOc1ccccc1/C=N/N(C)C. The van der Waals surface area contributed by atoms with Gasteiger partial charge in [-0.1, -0.05) is 19.1 Å². The Hall–Kier alpha value is -1.51. The summed E-state index contributed by atoms with van der Waals surface area (Å²) >= 11 is 0. The molecule has 1 aromatic carbocycles. The molecule has 82 valence electrons. The number of hydrogen-bond acceptors (Lipinski definition) is 3. The average Bonchev–Trinajstić information content (AvgIpc) is 2.24. The summed E-state index contributed by atoms with van der Waals surface area (Å²) in [6, 6.07) is 7.92. The van der Waals surface area contributed by atoms with E-state index < -0.39 is 0 Å². The molecule has 1 aromatic rings. The molecule has 0 N–H and O–H groups in total. The second-order valence-corrected chi connectivity index (χ2v) is 3.48. The molecule has 0 amide bonds. The second-order valence-electron chi connectivity index (χ2n) is 3.48. The third-order valence-electron chi connectivity index (χ3n) is 1.81. The van der Waals surface area contributed by atoms with Gasteiger partial charge in [-0.2, -0.15) is 5.10 Å². The van der Waals surface area contributed by atoms with Gasteiger partial charge in [0.05, 0.1) is 12.8 Å². The van der Waals surface area contributed by atoms with Gasteiger partial charge in [0.25, 0.3) is 0 Å². The van der Waals surface area contributed by atoms with Crippen molar-refractivity contribution < 1.29 is 4.74 Å². The van der Waals surface area contributed by atoms with Gasteiger partial charge in [0.1, 0.15) is 5.75 Å². The number of ether oxygens (including phenoxy) is 1. The van der Waals surface area contributed by atoms with Crippen LogP contribution in [-0.2, 0) is 0 Å². The molecule has 1 rings (SSSR count). The van der Waals surface area contributed by atoms with Crippen LogP contribution in [0.25, 0.3) is 0 Å². The third kappa shape index (κ3) is 4.02. The van der Waals surface area contributed by atoms with Gasteiger partial charge in [-0.25, -0.2) is 0 Å². The lowest BCUT2D eigenvalue weighted by Gasteiger charge is -2.08. The van der Waals surface area contributed by atoms with Crippen LogP contribution in [0.4, 0.5) is 0 Å². The highest BCUT2D eigenvalue weighted by molar-refractivity contribution is 5.83. The molecule has 0 atom stereocenters. The summed E-state index contributed by atoms with van der Waals surface area (Å²) in [6.07, 6.45) is 2.82. The van der Waals surface area contributed by atoms with Crippen LogP contribution in [0.3, 0.4) is 0 Å². The zero-order valence-electron chi connectivity index (χ0n) is 9.60. The minimum Gasteiger partial charge on any atom is -0.493 e. The van der Waals surface area contributed by atoms with E-state index >= 15 is 0 Å². The number of benzene rings is 1. The lowest BCUT2D eigenvalue weighted by Crippen LogP contribution is -2.03. The first-order valence-electron chi connectivity index (χ1n) is 5.17. The van der Waals surface area contributed by atoms with E-state index in [1.807, 2.05) is 44.6 Å². The normalized spacial score (nSPS) is 10.6. The molecule has 3 nitrogen and oxygen atoms in total. The average molecular weight is 206 g/mol. The van der Waals surface area contributed by atoms with Gasteiger partial charge >= 0.3 is 0 Å². The van der Waals surface area contributed by atoms with Crippen LogP contribution in [0.2, 0.25) is 0 Å². The Balaban J connectivity index is 2.76. The molecule has 0 radical (unpaired) electrons. The fraction of sp³-hybridized carbons (Fsp3) is 0.417. The molecule has 0 spiro atoms. The Morgan fingerprint density at radius 2 is 2.07 bits per heavy atom. The van der Waals surface area contributed by atoms with Gasteiger partial charge in [-0.15, -0.1) is 0 Å². The van der Waals surface area contributed by atoms with Crippen molar-refractivity contribution in [3.8, 4) is 5.75 Å². The molecule has 0 aromatic heterocycles. The van der Waals surface area contributed by atoms with Gasteiger partial charge in [0.2, 0.25) is 0 Å². The minimum absolute atomic E-state index is 0.743. The summed E-state index contributed by atoms with van der Waals surface area (Å²) in [5.74, 6) is 0.893. The lowest BCUT2D eigenvalue weighted by molar-refractivity contribution is 0.317. The van der Waals surface area contributed by atoms with E-state index in [0.29, 0.717) is 0 Å². The highest BCUT2D eigenvalue weighted by atomic mass is 16.5. The van der Waals surface area contributed by atoms with Crippen molar-refractivity contribution in [3.05, 3.63) is 29.8 Å². The Labute approximate surface area is 91.4 Å². The summed E-state index contributed by atoms with van der Waals surface area (Å²) in [6.45, 7) is 2.84. The Morgan fingerprint density at radius 1 is 1.33 bits per heavy atom. The van der Waals surface area contributed by atoms with Gasteiger partial charge in [-0.3, -0.25) is 0 Å². The van der Waals surface area contributed by atoms with Crippen molar-refractivity contribution in [2.75, 3.05) is 20.7 Å². The maximum Gasteiger partial charge on any atom is 0.128 e. The van der Waals surface area contributed by atoms with Crippen LogP contribution in [0, 0.1) is 0 Å². The van der Waals surface area contributed by atoms with E-state index in [0.717, 1.165) is 24.3 Å². The van der Waals surface area contributed by atoms with Gasteiger partial charge in [0, 0.05) is 19.7 Å². The van der Waals surface area contributed by atoms with Crippen molar-refractivity contribution in [1.29, 1.82) is 0 Å². The van der Waals surface area contributed by atoms with Crippen molar-refractivity contribution in [1.82, 2.24) is 5.01 Å². The summed E-state index contributed by atoms with van der Waals surface area (Å²) in [4.78, 5) is 0. The van der Waals surface area contributed by atoms with Crippen molar-refractivity contribution in [2.24, 2.45) is 5.10 Å². The van der Waals surface area contributed by atoms with E-state index in [9.17, 15) is 0 Å². The van der Waals surface area contributed by atoms with Crippen LogP contribution in [0.1, 0.15) is 18.9 Å². The monoisotopic (exact) mass is 206 g/mol. The van der Waals surface area contributed by atoms with Crippen molar-refractivity contribution in [2.45, 2.75) is 13.3 Å². The van der Waals surface area contributed by atoms with Crippen molar-refractivity contribution in [3.63, 3.8) is 0 Å². The topological polar surface area (TPSA) is 24.8 Å². The molecule has 0 fully saturated rings. The fourth-order valence-electron chi connectivity index (χ4n) is 1.11. The number of hydrogen-bond donors (Lipinski definition) is 0. The van der Waals surface area contributed by atoms with Crippen LogP contribution < -0.4 is 4.74 Å². The first kappa shape index (κ1) is 11.6. The van der Waals surface area contributed by atoms with Crippen LogP contribution in [0.5, 0.6) is 5.75 Å².